The maximum Gasteiger partial charge on any atom is 0.243 e. The second-order valence-electron chi connectivity index (χ2n) is 7.72. The Balaban J connectivity index is 1.47. The first kappa shape index (κ1) is 21.8. The van der Waals surface area contributed by atoms with E-state index in [1.54, 1.807) is 29.7 Å². The highest BCUT2D eigenvalue weighted by molar-refractivity contribution is 7.89. The smallest absolute Gasteiger partial charge is 0.243 e. The van der Waals surface area contributed by atoms with E-state index in [2.05, 4.69) is 14.8 Å². The van der Waals surface area contributed by atoms with Gasteiger partial charge in [0.15, 0.2) is 0 Å². The van der Waals surface area contributed by atoms with Gasteiger partial charge in [0.05, 0.1) is 25.2 Å². The van der Waals surface area contributed by atoms with Gasteiger partial charge in [-0.05, 0) is 43.2 Å². The number of sulfonamides is 1. The van der Waals surface area contributed by atoms with Crippen molar-refractivity contribution in [1.82, 2.24) is 14.3 Å². The Morgan fingerprint density at radius 2 is 1.65 bits per heavy atom. The van der Waals surface area contributed by atoms with E-state index in [1.807, 2.05) is 19.9 Å². The predicted octanol–water partition coefficient (Wildman–Crippen LogP) is 1.45. The molecule has 0 atom stereocenters. The van der Waals surface area contributed by atoms with Crippen molar-refractivity contribution >= 4 is 21.8 Å². The summed E-state index contributed by atoms with van der Waals surface area (Å²) in [6.07, 6.45) is 1.76. The lowest BCUT2D eigenvalue weighted by Crippen LogP contribution is -2.49. The largest absolute Gasteiger partial charge is 0.496 e. The zero-order valence-corrected chi connectivity index (χ0v) is 19.1. The summed E-state index contributed by atoms with van der Waals surface area (Å²) < 4.78 is 38.8. The van der Waals surface area contributed by atoms with E-state index in [4.69, 9.17) is 14.5 Å². The first-order valence-electron chi connectivity index (χ1n) is 10.5. The summed E-state index contributed by atoms with van der Waals surface area (Å²) in [5.74, 6) is 2.21. The van der Waals surface area contributed by atoms with Gasteiger partial charge in [-0.3, -0.25) is 0 Å². The van der Waals surface area contributed by atoms with Crippen molar-refractivity contribution < 1.29 is 17.9 Å². The van der Waals surface area contributed by atoms with Crippen molar-refractivity contribution in [2.75, 3.05) is 69.4 Å². The molecule has 0 aliphatic carbocycles. The van der Waals surface area contributed by atoms with Crippen molar-refractivity contribution in [1.29, 1.82) is 0 Å². The van der Waals surface area contributed by atoms with Crippen molar-refractivity contribution in [2.24, 2.45) is 0 Å². The molecular weight excluding hydrogens is 418 g/mol. The number of methoxy groups -OCH3 is 1. The van der Waals surface area contributed by atoms with Gasteiger partial charge < -0.3 is 19.3 Å². The van der Waals surface area contributed by atoms with Crippen LogP contribution in [0.4, 0.5) is 11.8 Å². The topological polar surface area (TPSA) is 88.1 Å². The fourth-order valence-electron chi connectivity index (χ4n) is 4.00. The summed E-state index contributed by atoms with van der Waals surface area (Å²) in [6, 6.07) is 5.24. The number of benzene rings is 1. The number of piperazine rings is 1. The van der Waals surface area contributed by atoms with Crippen LogP contribution in [0.5, 0.6) is 5.75 Å². The molecule has 0 N–H and O–H groups in total. The lowest BCUT2D eigenvalue weighted by atomic mass is 10.1. The zero-order chi connectivity index (χ0) is 22.0. The van der Waals surface area contributed by atoms with Crippen LogP contribution in [-0.4, -0.2) is 82.3 Å². The maximum absolute atomic E-state index is 13.3. The van der Waals surface area contributed by atoms with Gasteiger partial charge in [-0.1, -0.05) is 0 Å². The first-order valence-corrected chi connectivity index (χ1v) is 11.9. The molecule has 2 aliphatic heterocycles. The van der Waals surface area contributed by atoms with Gasteiger partial charge in [-0.15, -0.1) is 0 Å². The van der Waals surface area contributed by atoms with E-state index in [0.717, 1.165) is 30.0 Å². The van der Waals surface area contributed by atoms with E-state index in [9.17, 15) is 8.42 Å². The van der Waals surface area contributed by atoms with Crippen LogP contribution < -0.4 is 14.5 Å². The Labute approximate surface area is 183 Å². The number of hydrogen-bond acceptors (Lipinski definition) is 8. The van der Waals surface area contributed by atoms with Crippen molar-refractivity contribution in [3.8, 4) is 5.75 Å². The van der Waals surface area contributed by atoms with Gasteiger partial charge in [-0.2, -0.15) is 9.29 Å². The summed E-state index contributed by atoms with van der Waals surface area (Å²) in [7, 11) is -1.98. The SMILES string of the molecule is COc1ccc(S(=O)(=O)N2CCN(c3ccnc(N4CCOCC4)n3)CC2)c(C)c1C. The molecule has 4 rings (SSSR count). The molecule has 1 aromatic carbocycles. The first-order chi connectivity index (χ1) is 14.9. The standard InChI is InChI=1S/C21H29N5O4S/c1-16-17(2)19(5-4-18(16)29-3)31(27,28)26-10-8-24(9-11-26)20-6-7-22-21(23-20)25-12-14-30-15-13-25/h4-7H,8-15H2,1-3H3. The molecule has 9 nitrogen and oxygen atoms in total. The maximum atomic E-state index is 13.3. The zero-order valence-electron chi connectivity index (χ0n) is 18.2. The molecule has 0 amide bonds. The minimum absolute atomic E-state index is 0.343. The van der Waals surface area contributed by atoms with Gasteiger partial charge in [0.2, 0.25) is 16.0 Å². The Morgan fingerprint density at radius 1 is 0.935 bits per heavy atom. The average molecular weight is 448 g/mol. The fourth-order valence-corrected chi connectivity index (χ4v) is 5.70. The Bertz CT molecular complexity index is 1030. The molecule has 0 saturated carbocycles. The van der Waals surface area contributed by atoms with Crippen molar-refractivity contribution in [3.63, 3.8) is 0 Å². The molecule has 0 bridgehead atoms. The molecule has 2 fully saturated rings. The van der Waals surface area contributed by atoms with Gasteiger partial charge >= 0.3 is 0 Å². The summed E-state index contributed by atoms with van der Waals surface area (Å²) in [6.45, 7) is 8.57. The van der Waals surface area contributed by atoms with Gasteiger partial charge in [-0.25, -0.2) is 13.4 Å². The summed E-state index contributed by atoms with van der Waals surface area (Å²) in [5.41, 5.74) is 1.58. The number of aromatic nitrogens is 2. The Morgan fingerprint density at radius 3 is 2.32 bits per heavy atom. The molecule has 0 radical (unpaired) electrons. The van der Waals surface area contributed by atoms with E-state index >= 15 is 0 Å². The van der Waals surface area contributed by atoms with Gasteiger partial charge in [0.1, 0.15) is 11.6 Å². The van der Waals surface area contributed by atoms with Crippen LogP contribution in [0.2, 0.25) is 0 Å². The van der Waals surface area contributed by atoms with E-state index in [0.29, 0.717) is 56.0 Å². The summed E-state index contributed by atoms with van der Waals surface area (Å²) in [5, 5.41) is 0. The summed E-state index contributed by atoms with van der Waals surface area (Å²) >= 11 is 0. The Hall–Kier alpha value is -2.43. The molecular formula is C21H29N5O4S. The second kappa shape index (κ2) is 8.97. The second-order valence-corrected chi connectivity index (χ2v) is 9.63. The quantitative estimate of drug-likeness (QED) is 0.681. The number of anilines is 2. The highest BCUT2D eigenvalue weighted by atomic mass is 32.2. The highest BCUT2D eigenvalue weighted by Gasteiger charge is 2.31. The molecule has 1 aromatic heterocycles. The lowest BCUT2D eigenvalue weighted by molar-refractivity contribution is 0.122. The van der Waals surface area contributed by atoms with Crippen LogP contribution in [0, 0.1) is 13.8 Å². The third-order valence-electron chi connectivity index (χ3n) is 6.01. The van der Waals surface area contributed by atoms with E-state index in [-0.39, 0.29) is 0 Å². The minimum Gasteiger partial charge on any atom is -0.496 e. The molecule has 2 aliphatic rings. The average Bonchev–Trinajstić information content (AvgIpc) is 2.81. The van der Waals surface area contributed by atoms with Crippen LogP contribution in [0.15, 0.2) is 29.3 Å². The molecule has 168 valence electrons. The molecule has 3 heterocycles. The highest BCUT2D eigenvalue weighted by Crippen LogP contribution is 2.29. The lowest BCUT2D eigenvalue weighted by Gasteiger charge is -2.35. The number of ether oxygens (including phenoxy) is 2. The van der Waals surface area contributed by atoms with Gasteiger partial charge in [0, 0.05) is 45.5 Å². The third kappa shape index (κ3) is 4.32. The number of morpholine rings is 1. The van der Waals surface area contributed by atoms with E-state index < -0.39 is 10.0 Å². The third-order valence-corrected chi connectivity index (χ3v) is 8.05. The normalized spacial score (nSPS) is 18.3. The number of rotatable bonds is 5. The van der Waals surface area contributed by atoms with Crippen molar-refractivity contribution in [2.45, 2.75) is 18.7 Å². The molecule has 2 aromatic rings. The van der Waals surface area contributed by atoms with E-state index in [1.165, 1.54) is 0 Å². The molecule has 10 heteroatoms. The molecule has 2 saturated heterocycles. The van der Waals surface area contributed by atoms with Crippen LogP contribution in [-0.2, 0) is 14.8 Å². The fraction of sp³-hybridized carbons (Fsp3) is 0.524. The van der Waals surface area contributed by atoms with Crippen molar-refractivity contribution in [3.05, 3.63) is 35.5 Å². The Kier molecular flexibility index (Phi) is 6.31. The number of hydrogen-bond donors (Lipinski definition) is 0. The van der Waals surface area contributed by atoms with Crippen LogP contribution in [0.1, 0.15) is 11.1 Å². The predicted molar refractivity (Wildman–Crippen MR) is 119 cm³/mol. The molecule has 31 heavy (non-hydrogen) atoms. The summed E-state index contributed by atoms with van der Waals surface area (Å²) in [4.78, 5) is 13.7. The monoisotopic (exact) mass is 447 g/mol. The molecule has 0 spiro atoms. The van der Waals surface area contributed by atoms with Crippen LogP contribution in [0.3, 0.4) is 0 Å². The van der Waals surface area contributed by atoms with Crippen LogP contribution >= 0.6 is 0 Å². The van der Waals surface area contributed by atoms with Crippen LogP contribution in [0.25, 0.3) is 0 Å². The molecule has 0 unspecified atom stereocenters. The minimum atomic E-state index is -3.57. The van der Waals surface area contributed by atoms with Gasteiger partial charge in [0.25, 0.3) is 0 Å². The number of nitrogens with zero attached hydrogens (tertiary/aromatic N) is 5.